The van der Waals surface area contributed by atoms with E-state index in [0.29, 0.717) is 12.3 Å². The molecule has 0 aromatic heterocycles. The van der Waals surface area contributed by atoms with E-state index in [0.717, 1.165) is 18.6 Å². The molecule has 0 bridgehead atoms. The lowest BCUT2D eigenvalue weighted by molar-refractivity contribution is -0.138. The number of ether oxygens (including phenoxy) is 2. The summed E-state index contributed by atoms with van der Waals surface area (Å²) in [7, 11) is 1.74. The van der Waals surface area contributed by atoms with E-state index >= 15 is 0 Å². The molecule has 0 saturated carbocycles. The minimum Gasteiger partial charge on any atom is -0.431 e. The number of allylic oxidation sites excluding steroid dienone is 1. The molecule has 0 radical (unpaired) electrons. The van der Waals surface area contributed by atoms with E-state index in [1.807, 2.05) is 0 Å². The largest absolute Gasteiger partial charge is 0.431 e. The predicted molar refractivity (Wildman–Crippen MR) is 72.1 cm³/mol. The third-order valence-electron chi connectivity index (χ3n) is 3.61. The van der Waals surface area contributed by atoms with Crippen LogP contribution in [0.3, 0.4) is 0 Å². The van der Waals surface area contributed by atoms with E-state index in [9.17, 15) is 4.79 Å². The molecule has 18 heavy (non-hydrogen) atoms. The smallest absolute Gasteiger partial charge is 0.307 e. The molecule has 0 fully saturated rings. The summed E-state index contributed by atoms with van der Waals surface area (Å²) in [5, 5.41) is 0. The van der Waals surface area contributed by atoms with Crippen molar-refractivity contribution in [3.05, 3.63) is 11.8 Å². The van der Waals surface area contributed by atoms with Crippen molar-refractivity contribution < 1.29 is 14.3 Å². The first-order valence-electron chi connectivity index (χ1n) is 6.93. The van der Waals surface area contributed by atoms with Gasteiger partial charge in [0.1, 0.15) is 5.76 Å². The van der Waals surface area contributed by atoms with Gasteiger partial charge >= 0.3 is 5.97 Å². The number of carbonyl (C=O) groups is 1. The van der Waals surface area contributed by atoms with Gasteiger partial charge in [0.15, 0.2) is 0 Å². The molecule has 0 aromatic rings. The Bertz CT molecular complexity index is 309. The number of hydrogen-bond acceptors (Lipinski definition) is 3. The van der Waals surface area contributed by atoms with Crippen LogP contribution in [0.2, 0.25) is 0 Å². The van der Waals surface area contributed by atoms with Crippen molar-refractivity contribution in [3.63, 3.8) is 0 Å². The van der Waals surface area contributed by atoms with E-state index in [1.165, 1.54) is 26.2 Å². The third kappa shape index (κ3) is 4.81. The molecule has 0 saturated heterocycles. The number of esters is 1. The molecule has 0 aliphatic heterocycles. The van der Waals surface area contributed by atoms with Gasteiger partial charge in [0.05, 0.1) is 5.60 Å². The van der Waals surface area contributed by atoms with Gasteiger partial charge in [0, 0.05) is 20.5 Å². The van der Waals surface area contributed by atoms with Crippen molar-refractivity contribution >= 4 is 5.97 Å². The molecule has 1 aliphatic carbocycles. The maximum Gasteiger partial charge on any atom is 0.307 e. The molecular weight excluding hydrogens is 228 g/mol. The van der Waals surface area contributed by atoms with Crippen LogP contribution in [0.5, 0.6) is 0 Å². The van der Waals surface area contributed by atoms with Gasteiger partial charge in [-0.1, -0.05) is 26.2 Å². The van der Waals surface area contributed by atoms with Crippen molar-refractivity contribution in [2.75, 3.05) is 7.11 Å². The monoisotopic (exact) mass is 254 g/mol. The summed E-state index contributed by atoms with van der Waals surface area (Å²) >= 11 is 0. The molecule has 0 aromatic carbocycles. The molecule has 1 aliphatic rings. The van der Waals surface area contributed by atoms with Crippen LogP contribution in [0.15, 0.2) is 11.8 Å². The molecule has 1 unspecified atom stereocenters. The summed E-state index contributed by atoms with van der Waals surface area (Å²) in [6.07, 6.45) is 8.69. The van der Waals surface area contributed by atoms with Crippen LogP contribution in [-0.4, -0.2) is 18.7 Å². The molecule has 0 spiro atoms. The second kappa shape index (κ2) is 6.93. The normalized spacial score (nSPS) is 27.8. The van der Waals surface area contributed by atoms with E-state index in [-0.39, 0.29) is 11.6 Å². The van der Waals surface area contributed by atoms with Crippen LogP contribution in [-0.2, 0) is 14.3 Å². The Hall–Kier alpha value is -0.830. The summed E-state index contributed by atoms with van der Waals surface area (Å²) in [6, 6.07) is 0. The Kier molecular flexibility index (Phi) is 5.86. The van der Waals surface area contributed by atoms with Gasteiger partial charge in [-0.05, 0) is 31.8 Å². The molecule has 3 nitrogen and oxygen atoms in total. The predicted octanol–water partition coefficient (Wildman–Crippen LogP) is 3.83. The minimum absolute atomic E-state index is 0.198. The average molecular weight is 254 g/mol. The number of unbranched alkanes of at least 4 members (excludes halogenated alkanes) is 2. The topological polar surface area (TPSA) is 35.5 Å². The van der Waals surface area contributed by atoms with Gasteiger partial charge in [-0.15, -0.1) is 0 Å². The maximum absolute atomic E-state index is 11.1. The van der Waals surface area contributed by atoms with Crippen LogP contribution < -0.4 is 0 Å². The summed E-state index contributed by atoms with van der Waals surface area (Å²) in [4.78, 5) is 11.1. The zero-order valence-corrected chi connectivity index (χ0v) is 12.1. The van der Waals surface area contributed by atoms with Crippen molar-refractivity contribution in [1.29, 1.82) is 0 Å². The summed E-state index contributed by atoms with van der Waals surface area (Å²) < 4.78 is 10.9. The fraction of sp³-hybridized carbons (Fsp3) is 0.800. The van der Waals surface area contributed by atoms with E-state index in [4.69, 9.17) is 9.47 Å². The lowest BCUT2D eigenvalue weighted by atomic mass is 9.80. The average Bonchev–Trinajstić information content (AvgIpc) is 2.28. The molecule has 0 heterocycles. The molecule has 3 heteroatoms. The minimum atomic E-state index is -0.242. The SMILES string of the molecule is CCCCC[C@H]1C=C(OC(C)=O)CC(C)(OC)C1. The maximum atomic E-state index is 11.1. The summed E-state index contributed by atoms with van der Waals surface area (Å²) in [5.41, 5.74) is -0.198. The second-order valence-corrected chi connectivity index (χ2v) is 5.52. The first-order chi connectivity index (χ1) is 8.49. The van der Waals surface area contributed by atoms with Gasteiger partial charge in [-0.25, -0.2) is 0 Å². The van der Waals surface area contributed by atoms with E-state index in [2.05, 4.69) is 19.9 Å². The zero-order valence-electron chi connectivity index (χ0n) is 12.1. The van der Waals surface area contributed by atoms with E-state index < -0.39 is 0 Å². The van der Waals surface area contributed by atoms with Gasteiger partial charge in [0.2, 0.25) is 0 Å². The van der Waals surface area contributed by atoms with Crippen LogP contribution in [0.1, 0.15) is 59.3 Å². The van der Waals surface area contributed by atoms with Crippen LogP contribution >= 0.6 is 0 Å². The van der Waals surface area contributed by atoms with Crippen LogP contribution in [0.25, 0.3) is 0 Å². The summed E-state index contributed by atoms with van der Waals surface area (Å²) in [6.45, 7) is 5.75. The number of methoxy groups -OCH3 is 1. The first kappa shape index (κ1) is 15.2. The molecule has 2 atom stereocenters. The summed E-state index contributed by atoms with van der Waals surface area (Å²) in [5.74, 6) is 0.998. The van der Waals surface area contributed by atoms with E-state index in [1.54, 1.807) is 7.11 Å². The molecular formula is C15H26O3. The quantitative estimate of drug-likeness (QED) is 0.534. The van der Waals surface area contributed by atoms with Crippen LogP contribution in [0, 0.1) is 5.92 Å². The van der Waals surface area contributed by atoms with Crippen LogP contribution in [0.4, 0.5) is 0 Å². The van der Waals surface area contributed by atoms with Crippen molar-refractivity contribution in [1.82, 2.24) is 0 Å². The molecule has 0 amide bonds. The molecule has 104 valence electrons. The van der Waals surface area contributed by atoms with Crippen molar-refractivity contribution in [3.8, 4) is 0 Å². The Labute approximate surface area is 111 Å². The highest BCUT2D eigenvalue weighted by Crippen LogP contribution is 2.36. The highest BCUT2D eigenvalue weighted by molar-refractivity contribution is 5.67. The zero-order chi connectivity index (χ0) is 13.6. The van der Waals surface area contributed by atoms with Gasteiger partial charge in [-0.2, -0.15) is 0 Å². The standard InChI is InChI=1S/C15H26O3/c1-5-6-7-8-13-9-14(18-12(2)16)11-15(3,10-13)17-4/h9,13H,5-8,10-11H2,1-4H3/t13-,15?/m0/s1. The lowest BCUT2D eigenvalue weighted by Crippen LogP contribution is -2.34. The van der Waals surface area contributed by atoms with Gasteiger partial charge in [0.25, 0.3) is 0 Å². The lowest BCUT2D eigenvalue weighted by Gasteiger charge is -2.35. The Morgan fingerprint density at radius 1 is 1.50 bits per heavy atom. The Balaban J connectivity index is 2.66. The number of hydrogen-bond donors (Lipinski definition) is 0. The fourth-order valence-electron chi connectivity index (χ4n) is 2.63. The fourth-order valence-corrected chi connectivity index (χ4v) is 2.63. The Morgan fingerprint density at radius 2 is 2.22 bits per heavy atom. The molecule has 1 rings (SSSR count). The van der Waals surface area contributed by atoms with Gasteiger partial charge < -0.3 is 9.47 Å². The Morgan fingerprint density at radius 3 is 2.78 bits per heavy atom. The highest BCUT2D eigenvalue weighted by Gasteiger charge is 2.33. The van der Waals surface area contributed by atoms with Gasteiger partial charge in [-0.3, -0.25) is 4.79 Å². The van der Waals surface area contributed by atoms with Crippen molar-refractivity contribution in [2.45, 2.75) is 64.9 Å². The third-order valence-corrected chi connectivity index (χ3v) is 3.61. The first-order valence-corrected chi connectivity index (χ1v) is 6.93. The molecule has 0 N–H and O–H groups in total. The highest BCUT2D eigenvalue weighted by atomic mass is 16.5. The number of carbonyl (C=O) groups excluding carboxylic acids is 1. The second-order valence-electron chi connectivity index (χ2n) is 5.52. The van der Waals surface area contributed by atoms with Crippen molar-refractivity contribution in [2.24, 2.45) is 5.92 Å². The number of rotatable bonds is 6.